The average molecular weight is 395 g/mol. The maximum Gasteiger partial charge on any atom is 0.325 e. The maximum atomic E-state index is 11.8. The quantitative estimate of drug-likeness (QED) is 0.527. The monoisotopic (exact) mass is 395 g/mol. The molecule has 3 N–H and O–H groups in total. The highest BCUT2D eigenvalue weighted by atomic mass is 32.2. The second kappa shape index (κ2) is 9.00. The Balaban J connectivity index is 1.45. The Bertz CT molecular complexity index is 899. The van der Waals surface area contributed by atoms with Gasteiger partial charge in [-0.25, -0.2) is 4.79 Å². The molecule has 1 aliphatic heterocycles. The molecule has 1 amide bonds. The third kappa shape index (κ3) is 5.54. The fraction of sp³-hybridized carbons (Fsp3) is 0.562. The Morgan fingerprint density at radius 1 is 1.30 bits per heavy atom. The van der Waals surface area contributed by atoms with Crippen LogP contribution in [-0.2, 0) is 22.4 Å². The van der Waals surface area contributed by atoms with Gasteiger partial charge in [-0.3, -0.25) is 14.6 Å². The average Bonchev–Trinajstić information content (AvgIpc) is 3.29. The van der Waals surface area contributed by atoms with Crippen LogP contribution in [0.4, 0.5) is 0 Å². The van der Waals surface area contributed by atoms with Crippen LogP contribution in [-0.4, -0.2) is 51.1 Å². The van der Waals surface area contributed by atoms with Crippen LogP contribution in [0.1, 0.15) is 30.0 Å². The summed E-state index contributed by atoms with van der Waals surface area (Å²) in [5.74, 6) is 0.417. The van der Waals surface area contributed by atoms with Crippen molar-refractivity contribution >= 4 is 17.7 Å². The molecule has 1 saturated heterocycles. The van der Waals surface area contributed by atoms with Crippen molar-refractivity contribution in [3.63, 3.8) is 0 Å². The number of rotatable bonds is 8. The molecule has 2 aromatic rings. The van der Waals surface area contributed by atoms with E-state index in [4.69, 9.17) is 9.15 Å². The highest BCUT2D eigenvalue weighted by Crippen LogP contribution is 2.17. The molecule has 0 aliphatic carbocycles. The van der Waals surface area contributed by atoms with E-state index in [1.165, 1.54) is 0 Å². The lowest BCUT2D eigenvalue weighted by Crippen LogP contribution is -2.32. The number of aromatic nitrogens is 4. The maximum absolute atomic E-state index is 11.8. The van der Waals surface area contributed by atoms with E-state index >= 15 is 0 Å². The highest BCUT2D eigenvalue weighted by molar-refractivity contribution is 7.99. The number of amides is 1. The predicted octanol–water partition coefficient (Wildman–Crippen LogP) is -0.0729. The summed E-state index contributed by atoms with van der Waals surface area (Å²) in [4.78, 5) is 39.6. The summed E-state index contributed by atoms with van der Waals surface area (Å²) in [6.45, 7) is 2.93. The largest absolute Gasteiger partial charge is 0.416 e. The Hall–Kier alpha value is -2.40. The van der Waals surface area contributed by atoms with Gasteiger partial charge in [-0.15, -0.1) is 10.2 Å². The molecule has 27 heavy (non-hydrogen) atoms. The van der Waals surface area contributed by atoms with Gasteiger partial charge in [0.1, 0.15) is 0 Å². The number of H-pyrrole nitrogens is 2. The van der Waals surface area contributed by atoms with Crippen molar-refractivity contribution in [2.45, 2.75) is 43.9 Å². The molecule has 0 aromatic carbocycles. The lowest BCUT2D eigenvalue weighted by molar-refractivity contribution is -0.119. The number of aromatic amines is 2. The van der Waals surface area contributed by atoms with E-state index in [0.717, 1.165) is 31.2 Å². The van der Waals surface area contributed by atoms with E-state index < -0.39 is 11.2 Å². The summed E-state index contributed by atoms with van der Waals surface area (Å²) in [6, 6.07) is 0. The lowest BCUT2D eigenvalue weighted by atomic mass is 10.1. The van der Waals surface area contributed by atoms with Gasteiger partial charge in [-0.2, -0.15) is 0 Å². The Morgan fingerprint density at radius 3 is 2.89 bits per heavy atom. The third-order valence-electron chi connectivity index (χ3n) is 4.17. The van der Waals surface area contributed by atoms with Gasteiger partial charge in [0.15, 0.2) is 0 Å². The predicted molar refractivity (Wildman–Crippen MR) is 96.8 cm³/mol. The molecule has 3 heterocycles. The zero-order valence-electron chi connectivity index (χ0n) is 14.9. The number of thioether (sulfide) groups is 1. The highest BCUT2D eigenvalue weighted by Gasteiger charge is 2.17. The van der Waals surface area contributed by atoms with Gasteiger partial charge >= 0.3 is 5.69 Å². The van der Waals surface area contributed by atoms with Crippen LogP contribution in [0.3, 0.4) is 0 Å². The molecule has 11 heteroatoms. The van der Waals surface area contributed by atoms with E-state index in [1.807, 2.05) is 0 Å². The first-order chi connectivity index (χ1) is 13.0. The second-order valence-corrected chi connectivity index (χ2v) is 7.13. The lowest BCUT2D eigenvalue weighted by Gasteiger charge is -2.09. The van der Waals surface area contributed by atoms with Gasteiger partial charge in [0.2, 0.25) is 11.8 Å². The number of hydrogen-bond donors (Lipinski definition) is 3. The Kier molecular flexibility index (Phi) is 6.45. The van der Waals surface area contributed by atoms with Crippen molar-refractivity contribution in [2.24, 2.45) is 0 Å². The normalized spacial score (nSPS) is 16.6. The minimum Gasteiger partial charge on any atom is -0.416 e. The van der Waals surface area contributed by atoms with E-state index in [0.29, 0.717) is 41.8 Å². The third-order valence-corrected chi connectivity index (χ3v) is 4.99. The summed E-state index contributed by atoms with van der Waals surface area (Å²) in [6.07, 6.45) is 2.82. The van der Waals surface area contributed by atoms with E-state index in [-0.39, 0.29) is 17.8 Å². The van der Waals surface area contributed by atoms with Crippen LogP contribution in [0.2, 0.25) is 0 Å². The number of nitrogens with one attached hydrogen (secondary N) is 3. The number of aryl methyl sites for hydroxylation is 2. The summed E-state index contributed by atoms with van der Waals surface area (Å²) >= 11 is 1.15. The number of carbonyl (C=O) groups is 1. The van der Waals surface area contributed by atoms with Crippen molar-refractivity contribution < 1.29 is 13.9 Å². The van der Waals surface area contributed by atoms with Crippen molar-refractivity contribution in [1.29, 1.82) is 0 Å². The van der Waals surface area contributed by atoms with Crippen LogP contribution in [0.25, 0.3) is 0 Å². The molecule has 1 atom stereocenters. The van der Waals surface area contributed by atoms with Crippen LogP contribution >= 0.6 is 11.8 Å². The summed E-state index contributed by atoms with van der Waals surface area (Å²) in [5.41, 5.74) is 0.0278. The molecular weight excluding hydrogens is 374 g/mol. The molecule has 0 bridgehead atoms. The molecular formula is C16H21N5O5S. The van der Waals surface area contributed by atoms with Crippen molar-refractivity contribution in [1.82, 2.24) is 25.5 Å². The van der Waals surface area contributed by atoms with Crippen LogP contribution in [0.15, 0.2) is 19.2 Å². The van der Waals surface area contributed by atoms with Crippen LogP contribution < -0.4 is 16.6 Å². The zero-order valence-corrected chi connectivity index (χ0v) is 15.7. The first-order valence-corrected chi connectivity index (χ1v) is 9.65. The molecule has 1 aliphatic rings. The van der Waals surface area contributed by atoms with Gasteiger partial charge < -0.3 is 19.5 Å². The van der Waals surface area contributed by atoms with Gasteiger partial charge in [0.05, 0.1) is 11.9 Å². The van der Waals surface area contributed by atoms with E-state index in [9.17, 15) is 14.4 Å². The van der Waals surface area contributed by atoms with Crippen LogP contribution in [0, 0.1) is 6.92 Å². The molecule has 0 spiro atoms. The van der Waals surface area contributed by atoms with Crippen molar-refractivity contribution in [3.05, 3.63) is 38.0 Å². The first kappa shape index (κ1) is 19.4. The topological polar surface area (TPSA) is 143 Å². The molecule has 1 unspecified atom stereocenters. The number of carbonyl (C=O) groups excluding carboxylic acids is 1. The SMILES string of the molecule is Cc1[nH]c(=O)[nH]c(=O)c1CCc1nnc(SCC(=O)NCC2CCCO2)o1. The fourth-order valence-electron chi connectivity index (χ4n) is 2.77. The second-order valence-electron chi connectivity index (χ2n) is 6.20. The number of hydrogen-bond acceptors (Lipinski definition) is 8. The molecule has 2 aromatic heterocycles. The Morgan fingerprint density at radius 2 is 2.15 bits per heavy atom. The summed E-state index contributed by atoms with van der Waals surface area (Å²) in [5, 5.41) is 10.9. The number of nitrogens with zero attached hydrogens (tertiary/aromatic N) is 2. The van der Waals surface area contributed by atoms with Gasteiger partial charge in [0, 0.05) is 30.8 Å². The smallest absolute Gasteiger partial charge is 0.325 e. The molecule has 146 valence electrons. The minimum atomic E-state index is -0.532. The van der Waals surface area contributed by atoms with E-state index in [1.54, 1.807) is 6.92 Å². The standard InChI is InChI=1S/C16H21N5O5S/c1-9-11(14(23)19-15(24)18-9)4-5-13-20-21-16(26-13)27-8-12(22)17-7-10-3-2-6-25-10/h10H,2-8H2,1H3,(H,17,22)(H2,18,19,23,24). The summed E-state index contributed by atoms with van der Waals surface area (Å²) in [7, 11) is 0. The van der Waals surface area contributed by atoms with Gasteiger partial charge in [0.25, 0.3) is 10.8 Å². The zero-order chi connectivity index (χ0) is 19.2. The van der Waals surface area contributed by atoms with Crippen molar-refractivity contribution in [3.8, 4) is 0 Å². The minimum absolute atomic E-state index is 0.105. The van der Waals surface area contributed by atoms with Gasteiger partial charge in [-0.05, 0) is 26.2 Å². The van der Waals surface area contributed by atoms with E-state index in [2.05, 4.69) is 25.5 Å². The number of ether oxygens (including phenoxy) is 1. The van der Waals surface area contributed by atoms with Crippen molar-refractivity contribution in [2.75, 3.05) is 18.9 Å². The molecule has 1 fully saturated rings. The molecule has 0 saturated carbocycles. The fourth-order valence-corrected chi connectivity index (χ4v) is 3.38. The molecule has 10 nitrogen and oxygen atoms in total. The Labute approximate surface area is 158 Å². The summed E-state index contributed by atoms with van der Waals surface area (Å²) < 4.78 is 10.9. The van der Waals surface area contributed by atoms with Gasteiger partial charge in [-0.1, -0.05) is 11.8 Å². The first-order valence-electron chi connectivity index (χ1n) is 8.67. The van der Waals surface area contributed by atoms with Crippen LogP contribution in [0.5, 0.6) is 0 Å². The molecule has 0 radical (unpaired) electrons. The molecule has 3 rings (SSSR count).